The van der Waals surface area contributed by atoms with Gasteiger partial charge in [0.1, 0.15) is 6.04 Å². The van der Waals surface area contributed by atoms with Crippen LogP contribution < -0.4 is 15.4 Å². The van der Waals surface area contributed by atoms with E-state index in [-0.39, 0.29) is 40.0 Å². The molecule has 1 atom stereocenters. The standard InChI is InChI=1S/C32H38FN3O4S/c1-2-40-29-20-25(14-15-27(29)33)41(38,39)24-12-10-23(11-13-24)21-35-31(37)30-32(26-22-34-19-16-28(26)36-30)17-8-6-4-3-5-7-9-18-32/h10-16,19-20,22,30,36H,2-9,17-18,21H2,1H3,(H,35,37). The monoisotopic (exact) mass is 579 g/mol. The molecule has 0 bridgehead atoms. The first kappa shape index (κ1) is 29.0. The van der Waals surface area contributed by atoms with Gasteiger partial charge in [-0.25, -0.2) is 12.8 Å². The normalized spacial score (nSPS) is 18.7. The van der Waals surface area contributed by atoms with E-state index in [0.29, 0.717) is 0 Å². The van der Waals surface area contributed by atoms with Gasteiger partial charge in [-0.1, -0.05) is 57.1 Å². The van der Waals surface area contributed by atoms with Crippen molar-refractivity contribution < 1.29 is 22.3 Å². The predicted molar refractivity (Wildman–Crippen MR) is 156 cm³/mol. The van der Waals surface area contributed by atoms with Crippen molar-refractivity contribution in [2.24, 2.45) is 0 Å². The number of pyridine rings is 1. The number of nitrogens with one attached hydrogen (secondary N) is 2. The molecule has 3 aromatic rings. The number of rotatable bonds is 7. The van der Waals surface area contributed by atoms with E-state index in [2.05, 4.69) is 15.6 Å². The molecule has 7 nitrogen and oxygen atoms in total. The highest BCUT2D eigenvalue weighted by atomic mass is 32.2. The van der Waals surface area contributed by atoms with Gasteiger partial charge in [0.2, 0.25) is 15.7 Å². The van der Waals surface area contributed by atoms with Gasteiger partial charge >= 0.3 is 0 Å². The van der Waals surface area contributed by atoms with Crippen molar-refractivity contribution in [1.82, 2.24) is 10.3 Å². The molecule has 218 valence electrons. The lowest BCUT2D eigenvalue weighted by molar-refractivity contribution is -0.123. The molecule has 1 saturated carbocycles. The fourth-order valence-electron chi connectivity index (χ4n) is 6.26. The molecule has 0 saturated heterocycles. The topological polar surface area (TPSA) is 97.4 Å². The number of carbonyl (C=O) groups is 1. The Morgan fingerprint density at radius 3 is 2.34 bits per heavy atom. The number of carbonyl (C=O) groups excluding carboxylic acids is 1. The fourth-order valence-corrected chi connectivity index (χ4v) is 7.54. The minimum atomic E-state index is -3.87. The van der Waals surface area contributed by atoms with E-state index in [0.717, 1.165) is 48.6 Å². The number of ether oxygens (including phenoxy) is 1. The Kier molecular flexibility index (Phi) is 8.92. The van der Waals surface area contributed by atoms with Gasteiger partial charge in [0.05, 0.1) is 16.4 Å². The van der Waals surface area contributed by atoms with E-state index in [4.69, 9.17) is 4.74 Å². The second-order valence-electron chi connectivity index (χ2n) is 11.0. The summed E-state index contributed by atoms with van der Waals surface area (Å²) < 4.78 is 45.5. The zero-order valence-corrected chi connectivity index (χ0v) is 24.3. The van der Waals surface area contributed by atoms with E-state index < -0.39 is 21.7 Å². The molecule has 9 heteroatoms. The Morgan fingerprint density at radius 2 is 1.66 bits per heavy atom. The van der Waals surface area contributed by atoms with Crippen LogP contribution in [0.15, 0.2) is 70.7 Å². The molecule has 1 amide bonds. The summed E-state index contributed by atoms with van der Waals surface area (Å²) in [6.45, 7) is 2.20. The molecule has 0 radical (unpaired) electrons. The number of nitrogens with zero attached hydrogens (tertiary/aromatic N) is 1. The molecule has 2 heterocycles. The van der Waals surface area contributed by atoms with Gasteiger partial charge in [0.25, 0.3) is 0 Å². The average Bonchev–Trinajstić information content (AvgIpc) is 3.31. The van der Waals surface area contributed by atoms with Crippen molar-refractivity contribution in [3.8, 4) is 5.75 Å². The number of aromatic nitrogens is 1. The minimum absolute atomic E-state index is 0.0410. The van der Waals surface area contributed by atoms with Crippen molar-refractivity contribution in [2.75, 3.05) is 11.9 Å². The Labute approximate surface area is 241 Å². The number of sulfone groups is 1. The number of fused-ring (bicyclic) bond motifs is 2. The molecular formula is C32H38FN3O4S. The van der Waals surface area contributed by atoms with E-state index in [1.807, 2.05) is 12.3 Å². The van der Waals surface area contributed by atoms with E-state index in [1.165, 1.54) is 56.4 Å². The predicted octanol–water partition coefficient (Wildman–Crippen LogP) is 6.33. The van der Waals surface area contributed by atoms with Crippen LogP contribution in [0.2, 0.25) is 0 Å². The van der Waals surface area contributed by atoms with E-state index in [9.17, 15) is 17.6 Å². The lowest BCUT2D eigenvalue weighted by atomic mass is 9.69. The van der Waals surface area contributed by atoms with Crippen LogP contribution in [-0.2, 0) is 26.6 Å². The number of benzene rings is 2. The van der Waals surface area contributed by atoms with Gasteiger partial charge in [0, 0.05) is 41.7 Å². The second-order valence-corrected chi connectivity index (χ2v) is 13.0. The summed E-state index contributed by atoms with van der Waals surface area (Å²) in [5.74, 6) is -0.774. The summed E-state index contributed by atoms with van der Waals surface area (Å²) in [5, 5.41) is 6.61. The number of anilines is 1. The highest BCUT2D eigenvalue weighted by Crippen LogP contribution is 2.48. The summed E-state index contributed by atoms with van der Waals surface area (Å²) in [6, 6.07) is 11.5. The third kappa shape index (κ3) is 6.10. The average molecular weight is 580 g/mol. The molecule has 1 spiro atoms. The Bertz CT molecular complexity index is 1470. The first-order chi connectivity index (χ1) is 19.8. The van der Waals surface area contributed by atoms with Gasteiger partial charge in [0.15, 0.2) is 11.6 Å². The van der Waals surface area contributed by atoms with Crippen LogP contribution in [0.5, 0.6) is 5.75 Å². The van der Waals surface area contributed by atoms with E-state index in [1.54, 1.807) is 25.3 Å². The number of hydrogen-bond donors (Lipinski definition) is 2. The number of halogens is 1. The van der Waals surface area contributed by atoms with Crippen LogP contribution in [0.25, 0.3) is 0 Å². The zero-order valence-electron chi connectivity index (χ0n) is 23.5. The maximum absolute atomic E-state index is 14.0. The Hall–Kier alpha value is -3.46. The molecule has 2 N–H and O–H groups in total. The van der Waals surface area contributed by atoms with Crippen molar-refractivity contribution in [3.05, 3.63) is 77.9 Å². The summed E-state index contributed by atoms with van der Waals surface area (Å²) in [4.78, 5) is 18.2. The van der Waals surface area contributed by atoms with Crippen LogP contribution in [0.4, 0.5) is 10.1 Å². The summed E-state index contributed by atoms with van der Waals surface area (Å²) in [7, 11) is -3.87. The quantitative estimate of drug-likeness (QED) is 0.318. The van der Waals surface area contributed by atoms with Gasteiger partial charge in [-0.15, -0.1) is 0 Å². The van der Waals surface area contributed by atoms with Crippen LogP contribution in [0.1, 0.15) is 75.8 Å². The first-order valence-electron chi connectivity index (χ1n) is 14.6. The molecule has 1 aromatic heterocycles. The molecule has 1 unspecified atom stereocenters. The van der Waals surface area contributed by atoms with Crippen LogP contribution >= 0.6 is 0 Å². The van der Waals surface area contributed by atoms with Gasteiger partial charge in [-0.3, -0.25) is 9.78 Å². The Morgan fingerprint density at radius 1 is 1.00 bits per heavy atom. The smallest absolute Gasteiger partial charge is 0.243 e. The molecule has 2 aromatic carbocycles. The molecule has 5 rings (SSSR count). The van der Waals surface area contributed by atoms with Crippen LogP contribution in [-0.4, -0.2) is 32.0 Å². The molecule has 1 aliphatic heterocycles. The maximum atomic E-state index is 14.0. The molecule has 1 fully saturated rings. The van der Waals surface area contributed by atoms with Gasteiger partial charge in [-0.05, 0) is 55.7 Å². The van der Waals surface area contributed by atoms with Crippen molar-refractivity contribution in [1.29, 1.82) is 0 Å². The summed E-state index contributed by atoms with van der Waals surface area (Å²) in [6.07, 6.45) is 13.8. The second kappa shape index (κ2) is 12.6. The third-order valence-corrected chi connectivity index (χ3v) is 10.2. The fraction of sp³-hybridized carbons (Fsp3) is 0.438. The van der Waals surface area contributed by atoms with Crippen molar-refractivity contribution in [2.45, 2.75) is 92.5 Å². The van der Waals surface area contributed by atoms with Crippen molar-refractivity contribution >= 4 is 21.4 Å². The largest absolute Gasteiger partial charge is 0.491 e. The summed E-state index contributed by atoms with van der Waals surface area (Å²) in [5.41, 5.74) is 2.62. The van der Waals surface area contributed by atoms with Gasteiger partial charge < -0.3 is 15.4 Å². The van der Waals surface area contributed by atoms with Crippen LogP contribution in [0.3, 0.4) is 0 Å². The lowest BCUT2D eigenvalue weighted by Crippen LogP contribution is -2.49. The van der Waals surface area contributed by atoms with E-state index >= 15 is 0 Å². The lowest BCUT2D eigenvalue weighted by Gasteiger charge is -2.36. The van der Waals surface area contributed by atoms with Gasteiger partial charge in [-0.2, -0.15) is 0 Å². The summed E-state index contributed by atoms with van der Waals surface area (Å²) >= 11 is 0. The highest BCUT2D eigenvalue weighted by molar-refractivity contribution is 7.91. The number of amides is 1. The minimum Gasteiger partial charge on any atom is -0.491 e. The maximum Gasteiger partial charge on any atom is 0.243 e. The zero-order chi connectivity index (χ0) is 28.9. The molecule has 1 aliphatic carbocycles. The Balaban J connectivity index is 1.30. The molecule has 41 heavy (non-hydrogen) atoms. The SMILES string of the molecule is CCOc1cc(S(=O)(=O)c2ccc(CNC(=O)C3Nc4ccncc4C34CCCCCCCCC4)cc2)ccc1F. The molecular weight excluding hydrogens is 541 g/mol. The number of hydrogen-bond acceptors (Lipinski definition) is 6. The van der Waals surface area contributed by atoms with Crippen molar-refractivity contribution in [3.63, 3.8) is 0 Å². The first-order valence-corrected chi connectivity index (χ1v) is 16.1. The van der Waals surface area contributed by atoms with Crippen LogP contribution in [0, 0.1) is 5.82 Å². The highest BCUT2D eigenvalue weighted by Gasteiger charge is 2.49. The molecule has 2 aliphatic rings. The third-order valence-electron chi connectivity index (χ3n) is 8.43.